The van der Waals surface area contributed by atoms with Crippen molar-refractivity contribution < 1.29 is 0 Å². The number of rotatable bonds is 0. The first-order chi connectivity index (χ1) is 7.18. The summed E-state index contributed by atoms with van der Waals surface area (Å²) in [6.07, 6.45) is 3.45. The Morgan fingerprint density at radius 2 is 1.33 bits per heavy atom. The molecule has 15 heavy (non-hydrogen) atoms. The summed E-state index contributed by atoms with van der Waals surface area (Å²) in [5.41, 5.74) is 2.18. The van der Waals surface area contributed by atoms with E-state index in [1.165, 1.54) is 0 Å². The van der Waals surface area contributed by atoms with Gasteiger partial charge in [-0.1, -0.05) is 6.07 Å². The molecule has 3 heteroatoms. The molecule has 0 amide bonds. The third-order valence-corrected chi connectivity index (χ3v) is 1.72. The molecule has 2 aromatic heterocycles. The minimum Gasteiger partial charge on any atom is -0.258 e. The molecule has 0 aliphatic heterocycles. The molecule has 0 spiro atoms. The lowest BCUT2D eigenvalue weighted by atomic mass is 10.3. The van der Waals surface area contributed by atoms with Crippen LogP contribution in [0.15, 0.2) is 36.7 Å². The minimum atomic E-state index is 0.822. The molecule has 0 aromatic carbocycles. The molecule has 0 atom stereocenters. The van der Waals surface area contributed by atoms with Gasteiger partial charge in [0.15, 0.2) is 0 Å². The normalized spacial score (nSPS) is 9.00. The Morgan fingerprint density at radius 3 is 1.60 bits per heavy atom. The molecular weight excluding hydrogens is 186 g/mol. The van der Waals surface area contributed by atoms with Crippen molar-refractivity contribution in [2.75, 3.05) is 0 Å². The van der Waals surface area contributed by atoms with Crippen LogP contribution in [0, 0.1) is 20.8 Å². The maximum Gasteiger partial charge on any atom is 0.125 e. The lowest BCUT2D eigenvalue weighted by Gasteiger charge is -1.90. The number of aromatic nitrogens is 3. The molecule has 0 N–H and O–H groups in total. The molecule has 0 saturated heterocycles. The predicted octanol–water partition coefficient (Wildman–Crippen LogP) is 2.48. The van der Waals surface area contributed by atoms with Crippen LogP contribution in [-0.4, -0.2) is 15.0 Å². The third-order valence-electron chi connectivity index (χ3n) is 1.72. The lowest BCUT2D eigenvalue weighted by molar-refractivity contribution is 1.05. The molecule has 3 nitrogen and oxygen atoms in total. The highest BCUT2D eigenvalue weighted by Gasteiger charge is 1.82. The highest BCUT2D eigenvalue weighted by atomic mass is 14.8. The second kappa shape index (κ2) is 5.86. The van der Waals surface area contributed by atoms with Gasteiger partial charge in [-0.05, 0) is 39.0 Å². The van der Waals surface area contributed by atoms with Gasteiger partial charge >= 0.3 is 0 Å². The molecule has 0 aliphatic rings. The summed E-state index contributed by atoms with van der Waals surface area (Å²) in [7, 11) is 0. The van der Waals surface area contributed by atoms with E-state index in [2.05, 4.69) is 15.0 Å². The first-order valence-electron chi connectivity index (χ1n) is 4.82. The highest BCUT2D eigenvalue weighted by molar-refractivity contribution is 5.07. The number of aryl methyl sites for hydroxylation is 3. The van der Waals surface area contributed by atoms with Gasteiger partial charge in [0.2, 0.25) is 0 Å². The van der Waals surface area contributed by atoms with Crippen molar-refractivity contribution in [1.82, 2.24) is 15.0 Å². The van der Waals surface area contributed by atoms with Crippen molar-refractivity contribution in [3.8, 4) is 0 Å². The van der Waals surface area contributed by atoms with Gasteiger partial charge in [0, 0.05) is 23.8 Å². The molecule has 0 fully saturated rings. The van der Waals surface area contributed by atoms with Crippen molar-refractivity contribution in [2.45, 2.75) is 20.8 Å². The van der Waals surface area contributed by atoms with Gasteiger partial charge < -0.3 is 0 Å². The molecule has 0 radical (unpaired) electrons. The average Bonchev–Trinajstić information content (AvgIpc) is 2.19. The molecule has 2 heterocycles. The van der Waals surface area contributed by atoms with Crippen LogP contribution in [0.25, 0.3) is 0 Å². The zero-order chi connectivity index (χ0) is 11.1. The summed E-state index contributed by atoms with van der Waals surface area (Å²) in [6, 6.07) is 7.80. The maximum atomic E-state index is 4.17. The van der Waals surface area contributed by atoms with Crippen molar-refractivity contribution in [3.63, 3.8) is 0 Å². The Hall–Kier alpha value is -1.77. The molecule has 78 valence electrons. The molecule has 0 bridgehead atoms. The van der Waals surface area contributed by atoms with Gasteiger partial charge in [-0.25, -0.2) is 9.97 Å². The summed E-state index contributed by atoms with van der Waals surface area (Å²) in [5, 5.41) is 0. The van der Waals surface area contributed by atoms with Crippen LogP contribution in [-0.2, 0) is 0 Å². The summed E-state index contributed by atoms with van der Waals surface area (Å²) >= 11 is 0. The van der Waals surface area contributed by atoms with Gasteiger partial charge in [0.25, 0.3) is 0 Å². The Morgan fingerprint density at radius 1 is 0.800 bits per heavy atom. The number of hydrogen-bond acceptors (Lipinski definition) is 3. The van der Waals surface area contributed by atoms with E-state index in [1.54, 1.807) is 18.5 Å². The number of hydrogen-bond donors (Lipinski definition) is 0. The zero-order valence-corrected chi connectivity index (χ0v) is 9.31. The fraction of sp³-hybridized carbons (Fsp3) is 0.250. The van der Waals surface area contributed by atoms with Crippen molar-refractivity contribution in [2.24, 2.45) is 0 Å². The summed E-state index contributed by atoms with van der Waals surface area (Å²) in [4.78, 5) is 11.9. The van der Waals surface area contributed by atoms with E-state index in [1.807, 2.05) is 39.0 Å². The number of nitrogens with zero attached hydrogens (tertiary/aromatic N) is 3. The van der Waals surface area contributed by atoms with Crippen LogP contribution in [0.2, 0.25) is 0 Å². The van der Waals surface area contributed by atoms with E-state index in [0.717, 1.165) is 17.2 Å². The van der Waals surface area contributed by atoms with Crippen LogP contribution in [0.5, 0.6) is 0 Å². The van der Waals surface area contributed by atoms with Crippen LogP contribution >= 0.6 is 0 Å². The Kier molecular flexibility index (Phi) is 4.41. The molecule has 0 saturated carbocycles. The fourth-order valence-corrected chi connectivity index (χ4v) is 1.05. The maximum absolute atomic E-state index is 4.17. The number of pyridine rings is 1. The zero-order valence-electron chi connectivity index (χ0n) is 9.31. The van der Waals surface area contributed by atoms with Crippen LogP contribution in [0.3, 0.4) is 0 Å². The smallest absolute Gasteiger partial charge is 0.125 e. The van der Waals surface area contributed by atoms with E-state index in [9.17, 15) is 0 Å². The Balaban J connectivity index is 0.000000151. The van der Waals surface area contributed by atoms with Gasteiger partial charge in [-0.3, -0.25) is 4.98 Å². The summed E-state index contributed by atoms with van der Waals surface area (Å²) < 4.78 is 0. The second-order valence-corrected chi connectivity index (χ2v) is 3.22. The van der Waals surface area contributed by atoms with Gasteiger partial charge in [0.05, 0.1) is 0 Å². The topological polar surface area (TPSA) is 38.7 Å². The van der Waals surface area contributed by atoms with E-state index >= 15 is 0 Å². The lowest BCUT2D eigenvalue weighted by Crippen LogP contribution is -1.81. The van der Waals surface area contributed by atoms with Crippen LogP contribution in [0.1, 0.15) is 17.2 Å². The van der Waals surface area contributed by atoms with E-state index in [-0.39, 0.29) is 0 Å². The fourth-order valence-electron chi connectivity index (χ4n) is 1.05. The second-order valence-electron chi connectivity index (χ2n) is 3.22. The largest absolute Gasteiger partial charge is 0.258 e. The molecule has 2 aromatic rings. The monoisotopic (exact) mass is 201 g/mol. The standard InChI is InChI=1S/C7H9N.C5H6N2/c1-6-4-3-5-7(2)8-6;1-5-6-3-2-4-7-5/h3-5H,1-2H3;2-4H,1H3. The minimum absolute atomic E-state index is 0.822. The van der Waals surface area contributed by atoms with Gasteiger partial charge in [-0.15, -0.1) is 0 Å². The van der Waals surface area contributed by atoms with Gasteiger partial charge in [0.1, 0.15) is 5.82 Å². The molecule has 0 unspecified atom stereocenters. The van der Waals surface area contributed by atoms with E-state index in [0.29, 0.717) is 0 Å². The molecule has 0 aliphatic carbocycles. The average molecular weight is 201 g/mol. The SMILES string of the molecule is Cc1cccc(C)n1.Cc1ncccn1. The quantitative estimate of drug-likeness (QED) is 0.657. The van der Waals surface area contributed by atoms with Crippen LogP contribution < -0.4 is 0 Å². The summed E-state index contributed by atoms with van der Waals surface area (Å²) in [5.74, 6) is 0.822. The summed E-state index contributed by atoms with van der Waals surface area (Å²) in [6.45, 7) is 5.85. The van der Waals surface area contributed by atoms with Gasteiger partial charge in [-0.2, -0.15) is 0 Å². The highest BCUT2D eigenvalue weighted by Crippen LogP contribution is 1.93. The first-order valence-corrected chi connectivity index (χ1v) is 4.82. The Labute approximate surface area is 90.2 Å². The molecule has 2 rings (SSSR count). The molecular formula is C12H15N3. The van der Waals surface area contributed by atoms with Crippen molar-refractivity contribution in [1.29, 1.82) is 0 Å². The van der Waals surface area contributed by atoms with E-state index < -0.39 is 0 Å². The third kappa shape index (κ3) is 4.86. The van der Waals surface area contributed by atoms with Crippen molar-refractivity contribution in [3.05, 3.63) is 53.9 Å². The van der Waals surface area contributed by atoms with Crippen molar-refractivity contribution >= 4 is 0 Å². The van der Waals surface area contributed by atoms with Crippen LogP contribution in [0.4, 0.5) is 0 Å². The first kappa shape index (κ1) is 11.3. The predicted molar refractivity (Wildman–Crippen MR) is 60.5 cm³/mol. The van der Waals surface area contributed by atoms with E-state index in [4.69, 9.17) is 0 Å². The Bertz CT molecular complexity index is 381.